The molecule has 1 aliphatic heterocycles. The van der Waals surface area contributed by atoms with Crippen molar-refractivity contribution in [3.63, 3.8) is 0 Å². The zero-order chi connectivity index (χ0) is 7.61. The molecule has 0 amide bonds. The van der Waals surface area contributed by atoms with Gasteiger partial charge >= 0.3 is 0 Å². The van der Waals surface area contributed by atoms with E-state index in [-0.39, 0.29) is 0 Å². The largest absolute Gasteiger partial charge is 0.376 e. The lowest BCUT2D eigenvalue weighted by Gasteiger charge is -2.38. The lowest BCUT2D eigenvalue weighted by Crippen LogP contribution is -2.51. The van der Waals surface area contributed by atoms with Crippen LogP contribution in [0.2, 0.25) is 0 Å². The Hall–Kier alpha value is -0.120. The van der Waals surface area contributed by atoms with Gasteiger partial charge in [0.05, 0.1) is 0 Å². The first-order chi connectivity index (χ1) is 4.65. The number of hydrogen-bond acceptors (Lipinski definition) is 3. The summed E-state index contributed by atoms with van der Waals surface area (Å²) < 4.78 is 0. The van der Waals surface area contributed by atoms with Crippen molar-refractivity contribution in [2.24, 2.45) is 0 Å². The Morgan fingerprint density at radius 3 is 2.10 bits per heavy atom. The molecular formula is C7H16N2O. The van der Waals surface area contributed by atoms with Gasteiger partial charge in [-0.05, 0) is 27.2 Å². The minimum atomic E-state index is -0.550. The van der Waals surface area contributed by atoms with Crippen LogP contribution in [0.4, 0.5) is 0 Å². The summed E-state index contributed by atoms with van der Waals surface area (Å²) in [6.45, 7) is 1.85. The Bertz CT molecular complexity index is 108. The molecule has 1 rings (SSSR count). The highest BCUT2D eigenvalue weighted by Gasteiger charge is 2.30. The number of nitrogens with zero attached hydrogens (tertiary/aromatic N) is 1. The number of hydrogen-bond donors (Lipinski definition) is 2. The second-order valence-electron chi connectivity index (χ2n) is 3.13. The zero-order valence-electron chi connectivity index (χ0n) is 6.72. The summed E-state index contributed by atoms with van der Waals surface area (Å²) in [5.41, 5.74) is -0.550. The average Bonchev–Trinajstić information content (AvgIpc) is 1.89. The Morgan fingerprint density at radius 1 is 1.30 bits per heavy atom. The van der Waals surface area contributed by atoms with Gasteiger partial charge in [-0.1, -0.05) is 0 Å². The molecule has 1 aliphatic rings. The van der Waals surface area contributed by atoms with Crippen LogP contribution in [0.5, 0.6) is 0 Å². The van der Waals surface area contributed by atoms with Crippen molar-refractivity contribution in [3.8, 4) is 0 Å². The summed E-state index contributed by atoms with van der Waals surface area (Å²) in [6.07, 6.45) is 1.67. The van der Waals surface area contributed by atoms with Gasteiger partial charge in [0.15, 0.2) is 0 Å². The van der Waals surface area contributed by atoms with Crippen LogP contribution in [0, 0.1) is 0 Å². The molecule has 1 saturated heterocycles. The summed E-state index contributed by atoms with van der Waals surface area (Å²) in [5.74, 6) is 0. The summed E-state index contributed by atoms with van der Waals surface area (Å²) in [6, 6.07) is 0. The van der Waals surface area contributed by atoms with Crippen LogP contribution in [-0.2, 0) is 0 Å². The molecule has 1 heterocycles. The van der Waals surface area contributed by atoms with E-state index in [2.05, 4.69) is 5.32 Å². The van der Waals surface area contributed by atoms with Crippen LogP contribution in [-0.4, -0.2) is 42.9 Å². The topological polar surface area (TPSA) is 35.5 Å². The molecule has 0 aromatic heterocycles. The second kappa shape index (κ2) is 2.86. The first kappa shape index (κ1) is 7.98. The number of aliphatic hydroxyl groups is 1. The summed E-state index contributed by atoms with van der Waals surface area (Å²) >= 11 is 0. The van der Waals surface area contributed by atoms with Gasteiger partial charge < -0.3 is 10.4 Å². The SMILES string of the molecule is CN(C)C1(O)CCNCC1. The summed E-state index contributed by atoms with van der Waals surface area (Å²) in [5, 5.41) is 13.0. The van der Waals surface area contributed by atoms with Crippen molar-refractivity contribution in [1.82, 2.24) is 10.2 Å². The van der Waals surface area contributed by atoms with Gasteiger partial charge in [0.25, 0.3) is 0 Å². The average molecular weight is 144 g/mol. The molecule has 0 saturated carbocycles. The standard InChI is InChI=1S/C7H16N2O/c1-9(2)7(10)3-5-8-6-4-7/h8,10H,3-6H2,1-2H3. The Balaban J connectivity index is 2.48. The van der Waals surface area contributed by atoms with E-state index in [1.165, 1.54) is 0 Å². The first-order valence-electron chi connectivity index (χ1n) is 3.76. The highest BCUT2D eigenvalue weighted by Crippen LogP contribution is 2.19. The monoisotopic (exact) mass is 144 g/mol. The fraction of sp³-hybridized carbons (Fsp3) is 1.00. The van der Waals surface area contributed by atoms with Gasteiger partial charge in [-0.25, -0.2) is 0 Å². The van der Waals surface area contributed by atoms with Gasteiger partial charge in [-0.3, -0.25) is 4.90 Å². The van der Waals surface area contributed by atoms with Crippen LogP contribution in [0.25, 0.3) is 0 Å². The molecule has 10 heavy (non-hydrogen) atoms. The van der Waals surface area contributed by atoms with Crippen molar-refractivity contribution in [2.45, 2.75) is 18.6 Å². The molecule has 0 bridgehead atoms. The molecule has 2 N–H and O–H groups in total. The van der Waals surface area contributed by atoms with Gasteiger partial charge in [-0.15, -0.1) is 0 Å². The molecule has 0 radical (unpaired) electrons. The fourth-order valence-electron chi connectivity index (χ4n) is 1.27. The van der Waals surface area contributed by atoms with E-state index in [1.807, 2.05) is 19.0 Å². The maximum absolute atomic E-state index is 9.83. The maximum Gasteiger partial charge on any atom is 0.120 e. The normalized spacial score (nSPS) is 25.2. The molecule has 0 atom stereocenters. The molecule has 60 valence electrons. The van der Waals surface area contributed by atoms with Crippen LogP contribution < -0.4 is 5.32 Å². The van der Waals surface area contributed by atoms with Gasteiger partial charge in [0.2, 0.25) is 0 Å². The van der Waals surface area contributed by atoms with E-state index >= 15 is 0 Å². The van der Waals surface area contributed by atoms with Crippen LogP contribution >= 0.6 is 0 Å². The molecule has 1 fully saturated rings. The van der Waals surface area contributed by atoms with Crippen LogP contribution in [0.3, 0.4) is 0 Å². The molecule has 3 nitrogen and oxygen atoms in total. The van der Waals surface area contributed by atoms with E-state index in [0.29, 0.717) is 0 Å². The summed E-state index contributed by atoms with van der Waals surface area (Å²) in [7, 11) is 3.84. The maximum atomic E-state index is 9.83. The van der Waals surface area contributed by atoms with E-state index in [9.17, 15) is 5.11 Å². The van der Waals surface area contributed by atoms with Crippen molar-refractivity contribution in [1.29, 1.82) is 0 Å². The smallest absolute Gasteiger partial charge is 0.120 e. The Kier molecular flexibility index (Phi) is 2.28. The predicted molar refractivity (Wildman–Crippen MR) is 40.7 cm³/mol. The van der Waals surface area contributed by atoms with E-state index in [1.54, 1.807) is 0 Å². The molecule has 0 unspecified atom stereocenters. The van der Waals surface area contributed by atoms with Crippen LogP contribution in [0.15, 0.2) is 0 Å². The van der Waals surface area contributed by atoms with Crippen molar-refractivity contribution in [2.75, 3.05) is 27.2 Å². The third-order valence-corrected chi connectivity index (χ3v) is 2.24. The fourth-order valence-corrected chi connectivity index (χ4v) is 1.27. The van der Waals surface area contributed by atoms with Crippen molar-refractivity contribution < 1.29 is 5.11 Å². The van der Waals surface area contributed by atoms with E-state index in [0.717, 1.165) is 25.9 Å². The predicted octanol–water partition coefficient (Wildman–Crippen LogP) is -0.380. The van der Waals surface area contributed by atoms with Crippen molar-refractivity contribution in [3.05, 3.63) is 0 Å². The highest BCUT2D eigenvalue weighted by atomic mass is 16.3. The Morgan fingerprint density at radius 2 is 1.80 bits per heavy atom. The Labute approximate surface area is 62.0 Å². The quantitative estimate of drug-likeness (QED) is 0.492. The molecule has 0 spiro atoms. The lowest BCUT2D eigenvalue weighted by atomic mass is 10.0. The molecule has 0 aromatic carbocycles. The highest BCUT2D eigenvalue weighted by molar-refractivity contribution is 4.81. The lowest BCUT2D eigenvalue weighted by molar-refractivity contribution is -0.102. The number of piperidine rings is 1. The zero-order valence-corrected chi connectivity index (χ0v) is 6.72. The first-order valence-corrected chi connectivity index (χ1v) is 3.76. The van der Waals surface area contributed by atoms with Crippen molar-refractivity contribution >= 4 is 0 Å². The minimum Gasteiger partial charge on any atom is -0.376 e. The minimum absolute atomic E-state index is 0.550. The second-order valence-corrected chi connectivity index (χ2v) is 3.13. The van der Waals surface area contributed by atoms with E-state index in [4.69, 9.17) is 0 Å². The number of rotatable bonds is 1. The molecular weight excluding hydrogens is 128 g/mol. The molecule has 0 aliphatic carbocycles. The van der Waals surface area contributed by atoms with Gasteiger partial charge in [0.1, 0.15) is 5.72 Å². The third-order valence-electron chi connectivity index (χ3n) is 2.24. The van der Waals surface area contributed by atoms with Gasteiger partial charge in [0, 0.05) is 12.8 Å². The number of nitrogens with one attached hydrogen (secondary N) is 1. The summed E-state index contributed by atoms with van der Waals surface area (Å²) in [4.78, 5) is 1.90. The molecule has 0 aromatic rings. The van der Waals surface area contributed by atoms with Gasteiger partial charge in [-0.2, -0.15) is 0 Å². The van der Waals surface area contributed by atoms with E-state index < -0.39 is 5.72 Å². The molecule has 3 heteroatoms. The van der Waals surface area contributed by atoms with Crippen LogP contribution in [0.1, 0.15) is 12.8 Å². The third kappa shape index (κ3) is 1.48.